The maximum Gasteiger partial charge on any atom is 0.176 e. The van der Waals surface area contributed by atoms with Crippen molar-refractivity contribution >= 4 is 321 Å². The van der Waals surface area contributed by atoms with Gasteiger partial charge in [0.1, 0.15) is 60.3 Å². The van der Waals surface area contributed by atoms with Crippen molar-refractivity contribution in [2.75, 3.05) is 0 Å². The van der Waals surface area contributed by atoms with E-state index in [1.54, 1.807) is 53.3 Å². The Balaban J connectivity index is 0.000000200. The quantitative estimate of drug-likeness (QED) is 0.0162. The Morgan fingerprint density at radius 3 is 0.904 bits per heavy atom. The van der Waals surface area contributed by atoms with Gasteiger partial charge in [-0.15, -0.1) is 45.3 Å². The molecule has 4 aromatic carbocycles. The average Bonchev–Trinajstić information content (AvgIpc) is 1.54. The Morgan fingerprint density at radius 2 is 0.578 bits per heavy atom. The van der Waals surface area contributed by atoms with Gasteiger partial charge < -0.3 is 0 Å². The molecule has 0 amide bonds. The minimum atomic E-state index is -2.52. The molecule has 728 valence electrons. The van der Waals surface area contributed by atoms with Crippen molar-refractivity contribution in [1.82, 2.24) is 35.0 Å². The van der Waals surface area contributed by atoms with Crippen LogP contribution in [0.3, 0.4) is 0 Å². The van der Waals surface area contributed by atoms with E-state index in [1.807, 2.05) is 51.0 Å². The molecule has 3 aliphatic heterocycles. The molecule has 8 nitrogen and oxygen atoms in total. The van der Waals surface area contributed by atoms with Crippen LogP contribution in [0.2, 0.25) is 65.9 Å². The van der Waals surface area contributed by atoms with Gasteiger partial charge in [0, 0.05) is 64.7 Å². The van der Waals surface area contributed by atoms with Gasteiger partial charge in [-0.3, -0.25) is 0 Å². The fraction of sp³-hybridized carbons (Fsp3) is 0.538. The maximum absolute atomic E-state index is 16.6. The van der Waals surface area contributed by atoms with Gasteiger partial charge in [0.05, 0.1) is 61.4 Å². The molecule has 17 rings (SSSR count). The van der Waals surface area contributed by atoms with E-state index in [1.165, 1.54) is 242 Å². The van der Waals surface area contributed by atoms with Crippen LogP contribution in [0.4, 0.5) is 17.6 Å². The molecule has 14 aromatic rings. The van der Waals surface area contributed by atoms with E-state index in [0.717, 1.165) is 95.9 Å². The number of aromatic nitrogens is 8. The SMILES string of the molecule is Brc1ccc(Br)c2nsnc12.CCCCC(CC)C[Si]1(CC(CC)CCCC)c2c[c]([Sn]([CH3])([CH3])[CH3])sc2-c2s[c]([Sn]([CH3])([CH3])[CH3])cc21.CCCCC(CC)C[Si]1(CC(CC)CCCC)c2cc(C)sc2-c2sc(-c3ccc(-c4cc5c(s4)-c4sc(-c6c(F)c(F)c(C)c7nsnc67)cc4[Si]5(CC(CC)CCCC)CC(CC)CCCC)c4nsnc34)cc21.Fc1c(F)c(Br)c2nsnc2c1Br. The minimum absolute atomic E-state index is 0.0111. The molecular formula is C104H136Br4F4N8S10Si3Sn2. The predicted octanol–water partition coefficient (Wildman–Crippen LogP) is 35.4. The Morgan fingerprint density at radius 1 is 0.304 bits per heavy atom. The van der Waals surface area contributed by atoms with Crippen LogP contribution in [0, 0.1) is 72.6 Å². The smallest absolute Gasteiger partial charge is 0.176 e. The third kappa shape index (κ3) is 22.7. The van der Waals surface area contributed by atoms with E-state index in [2.05, 4.69) is 292 Å². The van der Waals surface area contributed by atoms with Gasteiger partial charge >= 0.3 is 238 Å². The first-order valence-corrected chi connectivity index (χ1v) is 88.2. The zero-order valence-electron chi connectivity index (χ0n) is 82.6. The van der Waals surface area contributed by atoms with E-state index in [4.69, 9.17) is 8.75 Å². The minimum Gasteiger partial charge on any atom is -0.203 e. The molecule has 13 heterocycles. The van der Waals surface area contributed by atoms with E-state index in [0.29, 0.717) is 33.9 Å². The van der Waals surface area contributed by atoms with Gasteiger partial charge in [-0.25, -0.2) is 17.6 Å². The number of fused-ring (bicyclic) bond motifs is 13. The number of benzene rings is 4. The number of hydrogen-bond acceptors (Lipinski definition) is 18. The van der Waals surface area contributed by atoms with E-state index in [9.17, 15) is 8.78 Å². The molecule has 0 fully saturated rings. The van der Waals surface area contributed by atoms with Crippen molar-refractivity contribution in [2.45, 2.75) is 317 Å². The summed E-state index contributed by atoms with van der Waals surface area (Å²) in [6.45, 7) is 32.8. The molecule has 0 aliphatic carbocycles. The molecule has 6 unspecified atom stereocenters. The van der Waals surface area contributed by atoms with Crippen LogP contribution in [0.5, 0.6) is 0 Å². The summed E-state index contributed by atoms with van der Waals surface area (Å²) in [6, 6.07) is 32.7. The second kappa shape index (κ2) is 47.8. The Bertz CT molecular complexity index is 6220. The topological polar surface area (TPSA) is 103 Å². The van der Waals surface area contributed by atoms with Crippen molar-refractivity contribution < 1.29 is 17.6 Å². The summed E-state index contributed by atoms with van der Waals surface area (Å²) in [4.78, 5) is 30.0. The monoisotopic (exact) mass is 2530 g/mol. The molecule has 6 atom stereocenters. The van der Waals surface area contributed by atoms with Crippen LogP contribution < -0.4 is 36.9 Å². The molecular weight excluding hydrogens is 2400 g/mol. The molecule has 31 heteroatoms. The van der Waals surface area contributed by atoms with Gasteiger partial charge in [0.2, 0.25) is 0 Å². The molecule has 0 N–H and O–H groups in total. The van der Waals surface area contributed by atoms with E-state index in [-0.39, 0.29) is 20.1 Å². The third-order valence-electron chi connectivity index (χ3n) is 29.6. The number of thiophene rings is 6. The van der Waals surface area contributed by atoms with E-state index >= 15 is 8.78 Å². The molecule has 3 aliphatic rings. The second-order valence-electron chi connectivity index (χ2n) is 40.8. The molecule has 0 saturated carbocycles. The Hall–Kier alpha value is -1.75. The van der Waals surface area contributed by atoms with Crippen molar-refractivity contribution in [1.29, 1.82) is 0 Å². The molecule has 0 spiro atoms. The number of aryl methyl sites for hydroxylation is 2. The van der Waals surface area contributed by atoms with Crippen LogP contribution >= 0.6 is 179 Å². The van der Waals surface area contributed by atoms with Gasteiger partial charge in [-0.1, -0.05) is 170 Å². The summed E-state index contributed by atoms with van der Waals surface area (Å²) in [5.74, 6) is 0.991. The first-order chi connectivity index (χ1) is 64.7. The van der Waals surface area contributed by atoms with Gasteiger partial charge in [-0.05, 0) is 183 Å². The summed E-state index contributed by atoms with van der Waals surface area (Å²) in [6.07, 6.45) is 31.1. The number of unbranched alkanes of at least 4 members (excludes halogenated alkanes) is 6. The molecule has 0 saturated heterocycles. The first kappa shape index (κ1) is 109. The van der Waals surface area contributed by atoms with Crippen molar-refractivity contribution in [3.05, 3.63) is 112 Å². The van der Waals surface area contributed by atoms with Crippen LogP contribution in [-0.4, -0.2) is 96.0 Å². The summed E-state index contributed by atoms with van der Waals surface area (Å²) >= 11 is 25.1. The maximum atomic E-state index is 16.6. The number of hydrogen-bond donors (Lipinski definition) is 0. The Kier molecular flexibility index (Phi) is 38.6. The van der Waals surface area contributed by atoms with E-state index < -0.39 is 84.2 Å². The Labute approximate surface area is 887 Å². The summed E-state index contributed by atoms with van der Waals surface area (Å²) in [5.41, 5.74) is 8.37. The first-order valence-electron chi connectivity index (χ1n) is 50.0. The fourth-order valence-corrected chi connectivity index (χ4v) is 68.6. The summed E-state index contributed by atoms with van der Waals surface area (Å²) in [7, 11) is -6.41. The summed E-state index contributed by atoms with van der Waals surface area (Å²) < 4.78 is 99.7. The van der Waals surface area contributed by atoms with Crippen molar-refractivity contribution in [2.24, 2.45) is 35.5 Å². The molecule has 135 heavy (non-hydrogen) atoms. The standard InChI is InChI=1S/C62H80F2N4S6Si2.C24H36S2Si.C6Br2F2N2S.C6H2Br2N2S.6CH3.2Sn/c1-11-19-23-39(15-5)33-75(34-40(16-6)24-20-12-2)48-29-37(9)69-59(48)60-49(75)30-45(70-60)43-27-28-44(57-56(43)66-74-67-57)46-31-50-61(71-46)62-51(32-47(72-62)52-54(64)53(63)38(10)55-58(52)68-73-65-55)76(50,35-41(17-7)25-21-13-3)36-42(18-8)26-22-14-4;1-5-9-11-19(7-3)17-27(18-20(8-4)12-10-6-2)21-13-15-25-23(21)24-22(27)14-16-26-24;7-1-3(9)4(10)2(8)6-5(1)11-13-12-6;7-3-1-2-4(8)6-5(3)9-11-10-6;;;;;;;;/h27-32,39-42H,11-26,33-36H2,1-10H3;13-14,19-20H,5-12,17-18H2,1-4H3;;1-2H;6*1H3;;. The molecule has 10 aromatic heterocycles. The zero-order chi connectivity index (χ0) is 96.9. The second-order valence-corrected chi connectivity index (χ2v) is 95.7. The largest absolute Gasteiger partial charge is 0.203 e. The number of halogens is 8. The normalized spacial score (nSPS) is 16.7. The van der Waals surface area contributed by atoms with Crippen LogP contribution in [0.15, 0.2) is 78.6 Å². The van der Waals surface area contributed by atoms with Crippen molar-refractivity contribution in [3.8, 4) is 60.6 Å². The predicted molar refractivity (Wildman–Crippen MR) is 619 cm³/mol. The number of rotatable bonds is 41. The summed E-state index contributed by atoms with van der Waals surface area (Å²) in [5, 5.41) is 10.3. The van der Waals surface area contributed by atoms with Crippen LogP contribution in [0.25, 0.3) is 105 Å². The number of nitrogens with zero attached hydrogens (tertiary/aromatic N) is 8. The van der Waals surface area contributed by atoms with Gasteiger partial charge in [0.15, 0.2) is 23.3 Å². The van der Waals surface area contributed by atoms with Crippen molar-refractivity contribution in [3.63, 3.8) is 0 Å². The molecule has 0 radical (unpaired) electrons. The van der Waals surface area contributed by atoms with Crippen LogP contribution in [0.1, 0.15) is 248 Å². The third-order valence-corrected chi connectivity index (χ3v) is 77.9. The van der Waals surface area contributed by atoms with Gasteiger partial charge in [0.25, 0.3) is 0 Å². The molecule has 0 bridgehead atoms. The zero-order valence-corrected chi connectivity index (χ0v) is 106. The fourth-order valence-electron chi connectivity index (χ4n) is 21.6. The van der Waals surface area contributed by atoms with Gasteiger partial charge in [-0.2, -0.15) is 35.0 Å². The van der Waals surface area contributed by atoms with Crippen LogP contribution in [-0.2, 0) is 0 Å². The average molecular weight is 2540 g/mol.